The van der Waals surface area contributed by atoms with Gasteiger partial charge < -0.3 is 18.9 Å². The lowest BCUT2D eigenvalue weighted by Crippen LogP contribution is -2.45. The van der Waals surface area contributed by atoms with E-state index in [0.29, 0.717) is 24.7 Å². The SMILES string of the molecule is Cc1cc(C(=O)N(C)C2CCC3(CC2)OCCO3)no1. The summed E-state index contributed by atoms with van der Waals surface area (Å²) < 4.78 is 16.4. The topological polar surface area (TPSA) is 64.8 Å². The molecule has 20 heavy (non-hydrogen) atoms. The molecular formula is C14H20N2O4. The van der Waals surface area contributed by atoms with E-state index < -0.39 is 0 Å². The molecule has 1 aliphatic heterocycles. The van der Waals surface area contributed by atoms with Gasteiger partial charge in [-0.1, -0.05) is 5.16 Å². The van der Waals surface area contributed by atoms with Gasteiger partial charge in [-0.05, 0) is 19.8 Å². The zero-order valence-corrected chi connectivity index (χ0v) is 11.9. The molecule has 1 aromatic rings. The number of aryl methyl sites for hydroxylation is 1. The summed E-state index contributed by atoms with van der Waals surface area (Å²) in [6.45, 7) is 3.14. The highest BCUT2D eigenvalue weighted by Gasteiger charge is 2.41. The first-order chi connectivity index (χ1) is 9.60. The molecule has 0 unspecified atom stereocenters. The molecule has 0 radical (unpaired) electrons. The standard InChI is InChI=1S/C14H20N2O4/c1-10-9-12(15-20-10)13(17)16(2)11-3-5-14(6-4-11)18-7-8-19-14/h9,11H,3-8H2,1-2H3. The third-order valence-corrected chi connectivity index (χ3v) is 4.25. The number of hydrogen-bond acceptors (Lipinski definition) is 5. The van der Waals surface area contributed by atoms with Crippen LogP contribution in [-0.2, 0) is 9.47 Å². The molecule has 2 aliphatic rings. The van der Waals surface area contributed by atoms with Crippen molar-refractivity contribution in [3.8, 4) is 0 Å². The molecule has 0 N–H and O–H groups in total. The lowest BCUT2D eigenvalue weighted by atomic mass is 9.89. The van der Waals surface area contributed by atoms with Gasteiger partial charge in [0.05, 0.1) is 13.2 Å². The van der Waals surface area contributed by atoms with Crippen molar-refractivity contribution >= 4 is 5.91 Å². The lowest BCUT2D eigenvalue weighted by Gasteiger charge is -2.38. The fourth-order valence-electron chi connectivity index (χ4n) is 3.03. The van der Waals surface area contributed by atoms with Crippen molar-refractivity contribution in [2.45, 2.75) is 44.4 Å². The number of rotatable bonds is 2. The minimum atomic E-state index is -0.384. The third kappa shape index (κ3) is 2.45. The summed E-state index contributed by atoms with van der Waals surface area (Å²) in [6.07, 6.45) is 3.46. The zero-order valence-electron chi connectivity index (χ0n) is 11.9. The van der Waals surface area contributed by atoms with E-state index in [4.69, 9.17) is 14.0 Å². The molecule has 1 saturated carbocycles. The van der Waals surface area contributed by atoms with Gasteiger partial charge in [-0.15, -0.1) is 0 Å². The van der Waals surface area contributed by atoms with Crippen LogP contribution in [0.3, 0.4) is 0 Å². The molecule has 1 aliphatic carbocycles. The van der Waals surface area contributed by atoms with Crippen LogP contribution in [0, 0.1) is 6.92 Å². The van der Waals surface area contributed by atoms with Crippen molar-refractivity contribution in [2.24, 2.45) is 0 Å². The summed E-state index contributed by atoms with van der Waals surface area (Å²) in [5.74, 6) is 0.179. The number of ether oxygens (including phenoxy) is 2. The van der Waals surface area contributed by atoms with Crippen molar-refractivity contribution < 1.29 is 18.8 Å². The molecule has 0 atom stereocenters. The van der Waals surface area contributed by atoms with Gasteiger partial charge >= 0.3 is 0 Å². The maximum Gasteiger partial charge on any atom is 0.276 e. The van der Waals surface area contributed by atoms with Crippen LogP contribution in [0.2, 0.25) is 0 Å². The Morgan fingerprint density at radius 2 is 2.00 bits per heavy atom. The molecule has 3 rings (SSSR count). The van der Waals surface area contributed by atoms with Crippen molar-refractivity contribution in [1.82, 2.24) is 10.1 Å². The van der Waals surface area contributed by atoms with Crippen LogP contribution >= 0.6 is 0 Å². The monoisotopic (exact) mass is 280 g/mol. The molecule has 0 bridgehead atoms. The highest BCUT2D eigenvalue weighted by molar-refractivity contribution is 5.92. The average molecular weight is 280 g/mol. The Morgan fingerprint density at radius 1 is 1.35 bits per heavy atom. The number of amides is 1. The number of aromatic nitrogens is 1. The molecule has 6 nitrogen and oxygen atoms in total. The van der Waals surface area contributed by atoms with Crippen LogP contribution in [0.15, 0.2) is 10.6 Å². The summed E-state index contributed by atoms with van der Waals surface area (Å²) in [5, 5.41) is 3.79. The zero-order chi connectivity index (χ0) is 14.2. The molecule has 1 spiro atoms. The van der Waals surface area contributed by atoms with E-state index in [1.807, 2.05) is 7.05 Å². The van der Waals surface area contributed by atoms with Gasteiger partial charge in [0.25, 0.3) is 5.91 Å². The van der Waals surface area contributed by atoms with E-state index in [0.717, 1.165) is 25.7 Å². The Bertz CT molecular complexity index is 483. The minimum absolute atomic E-state index is 0.0870. The molecule has 2 heterocycles. The third-order valence-electron chi connectivity index (χ3n) is 4.25. The van der Waals surface area contributed by atoms with Gasteiger partial charge in [0.2, 0.25) is 0 Å². The van der Waals surface area contributed by atoms with Crippen LogP contribution in [-0.4, -0.2) is 48.1 Å². The molecule has 1 amide bonds. The van der Waals surface area contributed by atoms with Crippen LogP contribution in [0.1, 0.15) is 41.9 Å². The van der Waals surface area contributed by atoms with E-state index in [1.165, 1.54) is 0 Å². The van der Waals surface area contributed by atoms with Gasteiger partial charge in [-0.3, -0.25) is 4.79 Å². The minimum Gasteiger partial charge on any atom is -0.361 e. The predicted molar refractivity (Wildman–Crippen MR) is 70.2 cm³/mol. The van der Waals surface area contributed by atoms with E-state index in [-0.39, 0.29) is 17.7 Å². The summed E-state index contributed by atoms with van der Waals surface area (Å²) in [7, 11) is 1.82. The Balaban J connectivity index is 1.61. The summed E-state index contributed by atoms with van der Waals surface area (Å²) in [6, 6.07) is 1.88. The van der Waals surface area contributed by atoms with Crippen molar-refractivity contribution in [3.63, 3.8) is 0 Å². The van der Waals surface area contributed by atoms with Crippen LogP contribution in [0.25, 0.3) is 0 Å². The maximum atomic E-state index is 12.3. The molecule has 1 aromatic heterocycles. The maximum absolute atomic E-state index is 12.3. The number of carbonyl (C=O) groups excluding carboxylic acids is 1. The Morgan fingerprint density at radius 3 is 2.55 bits per heavy atom. The van der Waals surface area contributed by atoms with Crippen molar-refractivity contribution in [1.29, 1.82) is 0 Å². The lowest BCUT2D eigenvalue weighted by molar-refractivity contribution is -0.182. The number of hydrogen-bond donors (Lipinski definition) is 0. The second-order valence-electron chi connectivity index (χ2n) is 5.58. The molecule has 2 fully saturated rings. The fourth-order valence-corrected chi connectivity index (χ4v) is 3.03. The Labute approximate surface area is 118 Å². The highest BCUT2D eigenvalue weighted by atomic mass is 16.7. The summed E-state index contributed by atoms with van der Waals surface area (Å²) in [4.78, 5) is 14.1. The molecule has 110 valence electrons. The van der Waals surface area contributed by atoms with E-state index in [1.54, 1.807) is 17.9 Å². The van der Waals surface area contributed by atoms with Gasteiger partial charge in [0, 0.05) is 32.0 Å². The normalized spacial score (nSPS) is 22.3. The molecule has 0 aromatic carbocycles. The molecule has 1 saturated heterocycles. The van der Waals surface area contributed by atoms with E-state index >= 15 is 0 Å². The fraction of sp³-hybridized carbons (Fsp3) is 0.714. The van der Waals surface area contributed by atoms with Crippen LogP contribution in [0.4, 0.5) is 0 Å². The van der Waals surface area contributed by atoms with Crippen molar-refractivity contribution in [2.75, 3.05) is 20.3 Å². The smallest absolute Gasteiger partial charge is 0.276 e. The first kappa shape index (κ1) is 13.6. The average Bonchev–Trinajstić information content (AvgIpc) is 3.08. The summed E-state index contributed by atoms with van der Waals surface area (Å²) in [5.41, 5.74) is 0.374. The van der Waals surface area contributed by atoms with E-state index in [9.17, 15) is 4.79 Å². The van der Waals surface area contributed by atoms with E-state index in [2.05, 4.69) is 5.16 Å². The Kier molecular flexibility index (Phi) is 3.52. The number of carbonyl (C=O) groups is 1. The summed E-state index contributed by atoms with van der Waals surface area (Å²) >= 11 is 0. The molecule has 6 heteroatoms. The van der Waals surface area contributed by atoms with Gasteiger partial charge in [-0.2, -0.15) is 0 Å². The number of nitrogens with zero attached hydrogens (tertiary/aromatic N) is 2. The van der Waals surface area contributed by atoms with Gasteiger partial charge in [0.1, 0.15) is 5.76 Å². The first-order valence-electron chi connectivity index (χ1n) is 7.08. The largest absolute Gasteiger partial charge is 0.361 e. The first-order valence-corrected chi connectivity index (χ1v) is 7.08. The van der Waals surface area contributed by atoms with Crippen LogP contribution < -0.4 is 0 Å². The highest BCUT2D eigenvalue weighted by Crippen LogP contribution is 2.37. The van der Waals surface area contributed by atoms with Gasteiger partial charge in [-0.25, -0.2) is 0 Å². The molecular weight excluding hydrogens is 260 g/mol. The quantitative estimate of drug-likeness (QED) is 0.825. The second kappa shape index (κ2) is 5.18. The van der Waals surface area contributed by atoms with Crippen LogP contribution in [0.5, 0.6) is 0 Å². The predicted octanol–water partition coefficient (Wildman–Crippen LogP) is 1.74. The second-order valence-corrected chi connectivity index (χ2v) is 5.58. The van der Waals surface area contributed by atoms with Gasteiger partial charge in [0.15, 0.2) is 11.5 Å². The van der Waals surface area contributed by atoms with Crippen molar-refractivity contribution in [3.05, 3.63) is 17.5 Å². The Hall–Kier alpha value is -1.40.